The van der Waals surface area contributed by atoms with Gasteiger partial charge < -0.3 is 5.32 Å². The molecule has 2 heterocycles. The van der Waals surface area contributed by atoms with Gasteiger partial charge in [0.25, 0.3) is 5.91 Å². The van der Waals surface area contributed by atoms with E-state index in [4.69, 9.17) is 0 Å². The number of fused-ring (bicyclic) bond motifs is 1. The van der Waals surface area contributed by atoms with Gasteiger partial charge in [-0.3, -0.25) is 4.79 Å². The third-order valence-corrected chi connectivity index (χ3v) is 4.96. The number of carbonyl (C=O) groups is 1. The molecule has 0 saturated heterocycles. The van der Waals surface area contributed by atoms with E-state index in [2.05, 4.69) is 15.3 Å². The van der Waals surface area contributed by atoms with E-state index in [1.165, 1.54) is 12.1 Å². The molecule has 3 aromatic rings. The van der Waals surface area contributed by atoms with Crippen LogP contribution >= 0.6 is 0 Å². The van der Waals surface area contributed by atoms with Crippen molar-refractivity contribution in [2.75, 3.05) is 6.26 Å². The third-order valence-electron chi connectivity index (χ3n) is 3.83. The number of hydrogen-bond donors (Lipinski definition) is 1. The van der Waals surface area contributed by atoms with Crippen LogP contribution < -0.4 is 5.32 Å². The highest BCUT2D eigenvalue weighted by Gasteiger charge is 2.12. The molecule has 6 nitrogen and oxygen atoms in total. The van der Waals surface area contributed by atoms with Crippen LogP contribution in [0.5, 0.6) is 0 Å². The summed E-state index contributed by atoms with van der Waals surface area (Å²) in [7, 11) is -3.22. The number of pyridine rings is 2. The molecule has 0 fully saturated rings. The summed E-state index contributed by atoms with van der Waals surface area (Å²) in [5.74, 6) is -0.233. The van der Waals surface area contributed by atoms with Crippen molar-refractivity contribution in [1.82, 2.24) is 15.3 Å². The van der Waals surface area contributed by atoms with E-state index in [1.807, 2.05) is 6.07 Å². The average molecular weight is 355 g/mol. The Balaban J connectivity index is 1.75. The van der Waals surface area contributed by atoms with Crippen LogP contribution in [0, 0.1) is 6.92 Å². The zero-order valence-corrected chi connectivity index (χ0v) is 14.7. The van der Waals surface area contributed by atoms with Gasteiger partial charge in [-0.1, -0.05) is 12.1 Å². The average Bonchev–Trinajstić information content (AvgIpc) is 2.58. The van der Waals surface area contributed by atoms with Crippen LogP contribution in [0.25, 0.3) is 11.0 Å². The quantitative estimate of drug-likeness (QED) is 0.775. The second-order valence-corrected chi connectivity index (χ2v) is 7.79. The Morgan fingerprint density at radius 1 is 1.16 bits per heavy atom. The van der Waals surface area contributed by atoms with E-state index < -0.39 is 9.84 Å². The fourth-order valence-corrected chi connectivity index (χ4v) is 3.09. The first-order valence-corrected chi connectivity index (χ1v) is 9.53. The molecule has 0 aliphatic heterocycles. The lowest BCUT2D eigenvalue weighted by Gasteiger charge is -2.09. The summed E-state index contributed by atoms with van der Waals surface area (Å²) in [5.41, 5.74) is 2.52. The molecule has 0 saturated carbocycles. The van der Waals surface area contributed by atoms with Gasteiger partial charge in [-0.15, -0.1) is 0 Å². The first-order valence-electron chi connectivity index (χ1n) is 7.64. The summed E-state index contributed by atoms with van der Waals surface area (Å²) in [4.78, 5) is 21.2. The van der Waals surface area contributed by atoms with E-state index >= 15 is 0 Å². The van der Waals surface area contributed by atoms with Gasteiger partial charge in [0.1, 0.15) is 0 Å². The highest BCUT2D eigenvalue weighted by Crippen LogP contribution is 2.15. The number of hydrogen-bond acceptors (Lipinski definition) is 5. The summed E-state index contributed by atoms with van der Waals surface area (Å²) >= 11 is 0. The first-order chi connectivity index (χ1) is 11.8. The fraction of sp³-hybridized carbons (Fsp3) is 0.167. The molecule has 2 aromatic heterocycles. The molecule has 7 heteroatoms. The Morgan fingerprint density at radius 2 is 1.88 bits per heavy atom. The minimum Gasteiger partial charge on any atom is -0.348 e. The van der Waals surface area contributed by atoms with Crippen molar-refractivity contribution in [2.45, 2.75) is 18.4 Å². The van der Waals surface area contributed by atoms with Gasteiger partial charge >= 0.3 is 0 Å². The summed E-state index contributed by atoms with van der Waals surface area (Å²) in [6.07, 6.45) is 2.82. The van der Waals surface area contributed by atoms with Crippen LogP contribution in [-0.4, -0.2) is 30.5 Å². The van der Waals surface area contributed by atoms with Gasteiger partial charge in [0, 0.05) is 24.4 Å². The summed E-state index contributed by atoms with van der Waals surface area (Å²) in [6.45, 7) is 2.07. The Bertz CT molecular complexity index is 1040. The van der Waals surface area contributed by atoms with E-state index in [0.717, 1.165) is 17.2 Å². The van der Waals surface area contributed by atoms with Crippen LogP contribution in [0.15, 0.2) is 53.6 Å². The molecule has 1 aromatic carbocycles. The van der Waals surface area contributed by atoms with Crippen molar-refractivity contribution in [3.8, 4) is 0 Å². The van der Waals surface area contributed by atoms with Gasteiger partial charge in [0.2, 0.25) is 0 Å². The zero-order chi connectivity index (χ0) is 18.0. The topological polar surface area (TPSA) is 89.0 Å². The summed E-state index contributed by atoms with van der Waals surface area (Å²) < 4.78 is 22.9. The molecule has 0 aliphatic rings. The zero-order valence-electron chi connectivity index (χ0n) is 13.9. The Morgan fingerprint density at radius 3 is 2.56 bits per heavy atom. The lowest BCUT2D eigenvalue weighted by molar-refractivity contribution is 0.0950. The van der Waals surface area contributed by atoms with Crippen LogP contribution in [-0.2, 0) is 16.4 Å². The highest BCUT2D eigenvalue weighted by molar-refractivity contribution is 7.90. The number of nitrogens with zero attached hydrogens (tertiary/aromatic N) is 2. The van der Waals surface area contributed by atoms with Crippen LogP contribution in [0.2, 0.25) is 0 Å². The molecule has 1 amide bonds. The van der Waals surface area contributed by atoms with E-state index in [0.29, 0.717) is 23.4 Å². The fourth-order valence-electron chi connectivity index (χ4n) is 2.46. The Kier molecular flexibility index (Phi) is 4.50. The molecular formula is C18H17N3O3S. The molecular weight excluding hydrogens is 338 g/mol. The second-order valence-electron chi connectivity index (χ2n) is 5.77. The monoisotopic (exact) mass is 355 g/mol. The van der Waals surface area contributed by atoms with E-state index in [1.54, 1.807) is 37.4 Å². The maximum Gasteiger partial charge on any atom is 0.253 e. The number of carbonyl (C=O) groups excluding carboxylic acids is 1. The second kappa shape index (κ2) is 6.60. The third kappa shape index (κ3) is 3.83. The maximum absolute atomic E-state index is 12.4. The molecule has 25 heavy (non-hydrogen) atoms. The van der Waals surface area contributed by atoms with Gasteiger partial charge in [0.15, 0.2) is 15.5 Å². The van der Waals surface area contributed by atoms with Crippen LogP contribution in [0.4, 0.5) is 0 Å². The molecule has 0 unspecified atom stereocenters. The minimum absolute atomic E-state index is 0.233. The summed E-state index contributed by atoms with van der Waals surface area (Å²) in [5, 5.41) is 3.63. The molecule has 1 N–H and O–H groups in total. The van der Waals surface area contributed by atoms with Crippen molar-refractivity contribution in [3.63, 3.8) is 0 Å². The first kappa shape index (κ1) is 17.0. The normalized spacial score (nSPS) is 11.4. The molecule has 0 spiro atoms. The number of nitrogens with one attached hydrogen (secondary N) is 1. The van der Waals surface area contributed by atoms with Crippen molar-refractivity contribution in [1.29, 1.82) is 0 Å². The van der Waals surface area contributed by atoms with E-state index in [9.17, 15) is 13.2 Å². The van der Waals surface area contributed by atoms with Crippen molar-refractivity contribution in [3.05, 3.63) is 65.5 Å². The standard InChI is InChI=1S/C18H17N3O3S/c1-12-16(10-14-4-3-9-19-17(14)21-12)18(22)20-11-13-5-7-15(8-6-13)25(2,23)24/h3-10H,11H2,1-2H3,(H,20,22). The smallest absolute Gasteiger partial charge is 0.253 e. The van der Waals surface area contributed by atoms with Gasteiger partial charge in [-0.25, -0.2) is 18.4 Å². The molecule has 0 atom stereocenters. The van der Waals surface area contributed by atoms with Gasteiger partial charge in [-0.2, -0.15) is 0 Å². The van der Waals surface area contributed by atoms with Crippen molar-refractivity contribution in [2.24, 2.45) is 0 Å². The van der Waals surface area contributed by atoms with Crippen molar-refractivity contribution >= 4 is 26.8 Å². The van der Waals surface area contributed by atoms with Crippen LogP contribution in [0.1, 0.15) is 21.6 Å². The van der Waals surface area contributed by atoms with Gasteiger partial charge in [0.05, 0.1) is 16.2 Å². The SMILES string of the molecule is Cc1nc2ncccc2cc1C(=O)NCc1ccc(S(C)(=O)=O)cc1. The molecule has 0 aliphatic carbocycles. The number of rotatable bonds is 4. The maximum atomic E-state index is 12.4. The number of benzene rings is 1. The predicted octanol–water partition coefficient (Wildman–Crippen LogP) is 2.27. The van der Waals surface area contributed by atoms with Crippen molar-refractivity contribution < 1.29 is 13.2 Å². The number of aryl methyl sites for hydroxylation is 1. The lowest BCUT2D eigenvalue weighted by atomic mass is 10.1. The van der Waals surface area contributed by atoms with Gasteiger partial charge in [-0.05, 0) is 42.8 Å². The van der Waals surface area contributed by atoms with Crippen LogP contribution in [0.3, 0.4) is 0 Å². The van der Waals surface area contributed by atoms with E-state index in [-0.39, 0.29) is 10.8 Å². The summed E-state index contributed by atoms with van der Waals surface area (Å²) in [6, 6.07) is 11.9. The lowest BCUT2D eigenvalue weighted by Crippen LogP contribution is -2.24. The Labute approximate surface area is 145 Å². The molecule has 128 valence electrons. The highest BCUT2D eigenvalue weighted by atomic mass is 32.2. The number of sulfone groups is 1. The molecule has 0 bridgehead atoms. The minimum atomic E-state index is -3.22. The molecule has 3 rings (SSSR count). The number of aromatic nitrogens is 2. The number of amides is 1. The molecule has 0 radical (unpaired) electrons. The Hall–Kier alpha value is -2.80. The predicted molar refractivity (Wildman–Crippen MR) is 95.0 cm³/mol. The largest absolute Gasteiger partial charge is 0.348 e.